The van der Waals surface area contributed by atoms with E-state index in [2.05, 4.69) is 38.2 Å². The quantitative estimate of drug-likeness (QED) is 0.895. The van der Waals surface area contributed by atoms with Crippen molar-refractivity contribution >= 4 is 11.9 Å². The van der Waals surface area contributed by atoms with Gasteiger partial charge in [0.25, 0.3) is 0 Å². The van der Waals surface area contributed by atoms with Gasteiger partial charge in [0, 0.05) is 12.5 Å². The highest BCUT2D eigenvalue weighted by Gasteiger charge is 2.33. The van der Waals surface area contributed by atoms with Crippen LogP contribution in [0.4, 0.5) is 0 Å². The maximum absolute atomic E-state index is 12.2. The molecule has 4 nitrogen and oxygen atoms in total. The molecule has 1 aromatic carbocycles. The van der Waals surface area contributed by atoms with E-state index in [0.717, 1.165) is 5.56 Å². The Morgan fingerprint density at radius 3 is 2.24 bits per heavy atom. The molecule has 0 heterocycles. The summed E-state index contributed by atoms with van der Waals surface area (Å²) in [7, 11) is 0. The Hall–Kier alpha value is -1.84. The highest BCUT2D eigenvalue weighted by molar-refractivity contribution is 5.80. The Kier molecular flexibility index (Phi) is 4.66. The van der Waals surface area contributed by atoms with Crippen molar-refractivity contribution in [3.05, 3.63) is 34.4 Å². The second-order valence-corrected chi connectivity index (χ2v) is 6.14. The van der Waals surface area contributed by atoms with Crippen molar-refractivity contribution in [2.45, 2.75) is 46.6 Å². The van der Waals surface area contributed by atoms with E-state index >= 15 is 0 Å². The molecule has 4 heteroatoms. The van der Waals surface area contributed by atoms with Gasteiger partial charge in [0.05, 0.1) is 5.92 Å². The van der Waals surface area contributed by atoms with Crippen LogP contribution < -0.4 is 5.32 Å². The molecule has 114 valence electrons. The lowest BCUT2D eigenvalue weighted by atomic mass is 9.99. The summed E-state index contributed by atoms with van der Waals surface area (Å²) in [5, 5.41) is 12.0. The molecule has 1 aliphatic carbocycles. The fraction of sp³-hybridized carbons (Fsp3) is 0.529. The average Bonchev–Trinajstić information content (AvgIpc) is 2.86. The molecule has 1 aliphatic rings. The molecule has 0 saturated heterocycles. The third-order valence-corrected chi connectivity index (χ3v) is 4.43. The van der Waals surface area contributed by atoms with Gasteiger partial charge in [-0.15, -0.1) is 0 Å². The third-order valence-electron chi connectivity index (χ3n) is 4.43. The predicted octanol–water partition coefficient (Wildman–Crippen LogP) is 2.73. The minimum Gasteiger partial charge on any atom is -0.481 e. The van der Waals surface area contributed by atoms with Crippen LogP contribution in [0.1, 0.15) is 41.5 Å². The molecule has 2 rings (SSSR count). The Bertz CT molecular complexity index is 542. The zero-order valence-corrected chi connectivity index (χ0v) is 12.9. The first-order valence-electron chi connectivity index (χ1n) is 7.45. The molecule has 1 aromatic rings. The predicted molar refractivity (Wildman–Crippen MR) is 81.0 cm³/mol. The maximum Gasteiger partial charge on any atom is 0.306 e. The van der Waals surface area contributed by atoms with E-state index in [4.69, 9.17) is 5.11 Å². The number of carboxylic acid groups (broad SMARTS) is 1. The number of rotatable bonds is 4. The van der Waals surface area contributed by atoms with E-state index in [-0.39, 0.29) is 17.7 Å². The number of aryl methyl sites for hydroxylation is 3. The van der Waals surface area contributed by atoms with E-state index in [1.54, 1.807) is 0 Å². The maximum atomic E-state index is 12.2. The fourth-order valence-corrected chi connectivity index (χ4v) is 3.25. The van der Waals surface area contributed by atoms with Gasteiger partial charge in [0.1, 0.15) is 0 Å². The summed E-state index contributed by atoms with van der Waals surface area (Å²) in [6.07, 6.45) is 1.75. The molecule has 1 amide bonds. The minimum atomic E-state index is -0.782. The third kappa shape index (κ3) is 3.63. The van der Waals surface area contributed by atoms with Crippen molar-refractivity contribution in [2.75, 3.05) is 0 Å². The van der Waals surface area contributed by atoms with Gasteiger partial charge in [-0.2, -0.15) is 0 Å². The number of hydrogen-bond donors (Lipinski definition) is 2. The number of aliphatic carboxylic acids is 1. The van der Waals surface area contributed by atoms with Crippen molar-refractivity contribution in [2.24, 2.45) is 11.8 Å². The summed E-state index contributed by atoms with van der Waals surface area (Å²) < 4.78 is 0. The zero-order valence-electron chi connectivity index (χ0n) is 12.9. The first-order chi connectivity index (χ1) is 9.88. The minimum absolute atomic E-state index is 0.0156. The van der Waals surface area contributed by atoms with Crippen LogP contribution in [0, 0.1) is 32.6 Å². The highest BCUT2D eigenvalue weighted by atomic mass is 16.4. The molecule has 0 spiro atoms. The van der Waals surface area contributed by atoms with Crippen LogP contribution in [0.2, 0.25) is 0 Å². The van der Waals surface area contributed by atoms with Crippen molar-refractivity contribution in [3.8, 4) is 0 Å². The smallest absolute Gasteiger partial charge is 0.306 e. The molecule has 0 bridgehead atoms. The van der Waals surface area contributed by atoms with Crippen LogP contribution in [0.25, 0.3) is 0 Å². The Labute approximate surface area is 125 Å². The van der Waals surface area contributed by atoms with E-state index in [9.17, 15) is 9.59 Å². The van der Waals surface area contributed by atoms with Crippen LogP contribution in [-0.4, -0.2) is 17.0 Å². The van der Waals surface area contributed by atoms with Gasteiger partial charge in [-0.3, -0.25) is 9.59 Å². The van der Waals surface area contributed by atoms with Gasteiger partial charge < -0.3 is 10.4 Å². The van der Waals surface area contributed by atoms with Crippen LogP contribution in [0.5, 0.6) is 0 Å². The first-order valence-corrected chi connectivity index (χ1v) is 7.45. The largest absolute Gasteiger partial charge is 0.481 e. The van der Waals surface area contributed by atoms with Gasteiger partial charge >= 0.3 is 5.97 Å². The standard InChI is InChI=1S/C17H23NO3/c1-10-6-11(2)15(12(3)7-10)9-18-16(19)13-4-5-14(8-13)17(20)21/h6-7,13-14H,4-5,8-9H2,1-3H3,(H,18,19)(H,20,21)/t13-,14+/m1/s1. The number of carbonyl (C=O) groups excluding carboxylic acids is 1. The van der Waals surface area contributed by atoms with Gasteiger partial charge in [-0.05, 0) is 56.7 Å². The topological polar surface area (TPSA) is 66.4 Å². The number of amides is 1. The second-order valence-electron chi connectivity index (χ2n) is 6.14. The molecule has 1 fully saturated rings. The molecular weight excluding hydrogens is 266 g/mol. The lowest BCUT2D eigenvalue weighted by Gasteiger charge is -2.15. The Balaban J connectivity index is 1.95. The zero-order chi connectivity index (χ0) is 15.6. The summed E-state index contributed by atoms with van der Waals surface area (Å²) >= 11 is 0. The molecule has 1 saturated carbocycles. The SMILES string of the molecule is Cc1cc(C)c(CNC(=O)[C@@H]2CC[C@H](C(=O)O)C2)c(C)c1. The molecule has 0 aromatic heterocycles. The van der Waals surface area contributed by atoms with Crippen molar-refractivity contribution < 1.29 is 14.7 Å². The molecule has 0 unspecified atom stereocenters. The number of benzene rings is 1. The molecule has 21 heavy (non-hydrogen) atoms. The summed E-state index contributed by atoms with van der Waals surface area (Å²) in [5.74, 6) is -1.31. The molecule has 2 atom stereocenters. The van der Waals surface area contributed by atoms with Crippen molar-refractivity contribution in [3.63, 3.8) is 0 Å². The van der Waals surface area contributed by atoms with Crippen LogP contribution in [0.15, 0.2) is 12.1 Å². The van der Waals surface area contributed by atoms with Crippen LogP contribution >= 0.6 is 0 Å². The molecule has 2 N–H and O–H groups in total. The van der Waals surface area contributed by atoms with Gasteiger partial charge in [0.15, 0.2) is 0 Å². The highest BCUT2D eigenvalue weighted by Crippen LogP contribution is 2.31. The van der Waals surface area contributed by atoms with Crippen LogP contribution in [-0.2, 0) is 16.1 Å². The van der Waals surface area contributed by atoms with Crippen molar-refractivity contribution in [1.82, 2.24) is 5.32 Å². The lowest BCUT2D eigenvalue weighted by Crippen LogP contribution is -2.29. The number of nitrogens with one attached hydrogen (secondary N) is 1. The molecule has 0 aliphatic heterocycles. The van der Waals surface area contributed by atoms with Crippen LogP contribution in [0.3, 0.4) is 0 Å². The van der Waals surface area contributed by atoms with E-state index in [0.29, 0.717) is 25.8 Å². The summed E-state index contributed by atoms with van der Waals surface area (Å²) in [4.78, 5) is 23.1. The monoisotopic (exact) mass is 289 g/mol. The summed E-state index contributed by atoms with van der Waals surface area (Å²) in [6.45, 7) is 6.69. The molecular formula is C17H23NO3. The first kappa shape index (κ1) is 15.5. The number of hydrogen-bond acceptors (Lipinski definition) is 2. The number of carboxylic acids is 1. The fourth-order valence-electron chi connectivity index (χ4n) is 3.25. The van der Waals surface area contributed by atoms with Gasteiger partial charge in [-0.1, -0.05) is 17.7 Å². The Morgan fingerprint density at radius 2 is 1.71 bits per heavy atom. The lowest BCUT2D eigenvalue weighted by molar-refractivity contribution is -0.141. The van der Waals surface area contributed by atoms with E-state index in [1.807, 2.05) is 0 Å². The van der Waals surface area contributed by atoms with E-state index in [1.165, 1.54) is 16.7 Å². The van der Waals surface area contributed by atoms with E-state index < -0.39 is 5.97 Å². The summed E-state index contributed by atoms with van der Waals surface area (Å²) in [6, 6.07) is 4.23. The van der Waals surface area contributed by atoms with Gasteiger partial charge in [-0.25, -0.2) is 0 Å². The van der Waals surface area contributed by atoms with Crippen molar-refractivity contribution in [1.29, 1.82) is 0 Å². The Morgan fingerprint density at radius 1 is 1.14 bits per heavy atom. The van der Waals surface area contributed by atoms with Gasteiger partial charge in [0.2, 0.25) is 5.91 Å². The summed E-state index contributed by atoms with van der Waals surface area (Å²) in [5.41, 5.74) is 4.74. The second kappa shape index (κ2) is 6.29. The molecule has 0 radical (unpaired) electrons. The normalized spacial score (nSPS) is 21.3. The number of carbonyl (C=O) groups is 2. The average molecular weight is 289 g/mol.